The van der Waals surface area contributed by atoms with Crippen LogP contribution < -0.4 is 11.1 Å². The Bertz CT molecular complexity index is 727. The van der Waals surface area contributed by atoms with Gasteiger partial charge in [-0.15, -0.1) is 0 Å². The van der Waals surface area contributed by atoms with Crippen molar-refractivity contribution < 1.29 is 0 Å². The van der Waals surface area contributed by atoms with Crippen LogP contribution in [0.2, 0.25) is 5.02 Å². The van der Waals surface area contributed by atoms with Gasteiger partial charge in [-0.1, -0.05) is 25.4 Å². The topological polar surface area (TPSA) is 54.9 Å². The fourth-order valence-electron chi connectivity index (χ4n) is 2.10. The third kappa shape index (κ3) is 2.45. The van der Waals surface area contributed by atoms with Crippen molar-refractivity contribution in [1.82, 2.24) is 9.55 Å². The minimum Gasteiger partial charge on any atom is -0.316 e. The van der Waals surface area contributed by atoms with Gasteiger partial charge in [-0.25, -0.2) is 0 Å². The van der Waals surface area contributed by atoms with E-state index in [1.807, 2.05) is 19.9 Å². The maximum Gasteiger partial charge on any atom is 0.316 e. The van der Waals surface area contributed by atoms with Crippen LogP contribution in [0.4, 0.5) is 0 Å². The summed E-state index contributed by atoms with van der Waals surface area (Å²) in [6, 6.07) is 3.64. The predicted molar refractivity (Wildman–Crippen MR) is 78.1 cm³/mol. The summed E-state index contributed by atoms with van der Waals surface area (Å²) < 4.78 is 1.37. The number of aryl methyl sites for hydroxylation is 1. The Kier molecular flexibility index (Phi) is 3.80. The molecule has 1 aliphatic carbocycles. The molecule has 3 rings (SSSR count). The Hall–Kier alpha value is -1.55. The molecule has 0 bridgehead atoms. The van der Waals surface area contributed by atoms with Crippen molar-refractivity contribution in [3.05, 3.63) is 43.4 Å². The Morgan fingerprint density at radius 2 is 1.89 bits per heavy atom. The third-order valence-corrected chi connectivity index (χ3v) is 3.57. The van der Waals surface area contributed by atoms with Crippen LogP contribution in [0.5, 0.6) is 0 Å². The van der Waals surface area contributed by atoms with Crippen molar-refractivity contribution in [2.24, 2.45) is 7.05 Å². The first-order chi connectivity index (χ1) is 9.08. The second kappa shape index (κ2) is 5.21. The van der Waals surface area contributed by atoms with Crippen molar-refractivity contribution in [3.8, 4) is 0 Å². The highest BCUT2D eigenvalue weighted by Gasteiger charge is 2.26. The molecule has 1 aromatic heterocycles. The van der Waals surface area contributed by atoms with Gasteiger partial charge in [0.1, 0.15) is 0 Å². The molecule has 0 amide bonds. The third-order valence-electron chi connectivity index (χ3n) is 3.24. The van der Waals surface area contributed by atoms with Crippen LogP contribution in [-0.2, 0) is 7.05 Å². The number of fused-ring (bicyclic) bond motifs is 1. The molecule has 2 aromatic rings. The van der Waals surface area contributed by atoms with E-state index in [-0.39, 0.29) is 0 Å². The summed E-state index contributed by atoms with van der Waals surface area (Å²) in [5.41, 5.74) is 1.24. The zero-order valence-corrected chi connectivity index (χ0v) is 12.0. The van der Waals surface area contributed by atoms with Gasteiger partial charge in [0.2, 0.25) is 0 Å². The number of aromatic nitrogens is 2. The minimum absolute atomic E-state index is 0.508. The van der Waals surface area contributed by atoms with Crippen molar-refractivity contribution in [2.45, 2.75) is 32.6 Å². The molecule has 0 aliphatic heterocycles. The molecule has 0 unspecified atom stereocenters. The molecule has 19 heavy (non-hydrogen) atoms. The normalized spacial score (nSPS) is 14.1. The van der Waals surface area contributed by atoms with Crippen LogP contribution in [0.25, 0.3) is 11.0 Å². The van der Waals surface area contributed by atoms with E-state index in [9.17, 15) is 9.59 Å². The zero-order chi connectivity index (χ0) is 14.2. The molecule has 1 aliphatic rings. The van der Waals surface area contributed by atoms with Crippen molar-refractivity contribution in [3.63, 3.8) is 0 Å². The molecule has 1 N–H and O–H groups in total. The quantitative estimate of drug-likeness (QED) is 0.817. The van der Waals surface area contributed by atoms with Gasteiger partial charge in [-0.05, 0) is 36.5 Å². The zero-order valence-electron chi connectivity index (χ0n) is 11.3. The van der Waals surface area contributed by atoms with Crippen LogP contribution in [0.3, 0.4) is 0 Å². The average Bonchev–Trinajstić information content (AvgIpc) is 3.22. The maximum atomic E-state index is 11.6. The van der Waals surface area contributed by atoms with Gasteiger partial charge in [0.05, 0.1) is 11.0 Å². The lowest BCUT2D eigenvalue weighted by atomic mass is 10.1. The predicted octanol–water partition coefficient (Wildman–Crippen LogP) is 2.78. The monoisotopic (exact) mass is 280 g/mol. The molecule has 0 atom stereocenters. The van der Waals surface area contributed by atoms with E-state index >= 15 is 0 Å². The van der Waals surface area contributed by atoms with Crippen LogP contribution >= 0.6 is 11.6 Å². The standard InChI is InChI=1S/C12H11ClN2O2.C2H6/c1-15-10-4-7(6-2-3-6)8(13)5-9(10)14-11(16)12(15)17;1-2/h4-6H,2-3H2,1H3,(H,14,16);1-2H3. The molecular weight excluding hydrogens is 264 g/mol. The molecule has 4 nitrogen and oxygen atoms in total. The lowest BCUT2D eigenvalue weighted by Crippen LogP contribution is -2.34. The molecule has 0 radical (unpaired) electrons. The fraction of sp³-hybridized carbons (Fsp3) is 0.429. The first-order valence-corrected chi connectivity index (χ1v) is 6.88. The van der Waals surface area contributed by atoms with Gasteiger partial charge < -0.3 is 9.55 Å². The highest BCUT2D eigenvalue weighted by molar-refractivity contribution is 6.32. The molecule has 1 heterocycles. The number of halogens is 1. The van der Waals surface area contributed by atoms with Crippen LogP contribution in [0.15, 0.2) is 21.7 Å². The van der Waals surface area contributed by atoms with Gasteiger partial charge in [0, 0.05) is 12.1 Å². The second-order valence-corrected chi connectivity index (χ2v) is 4.89. The average molecular weight is 281 g/mol. The number of benzene rings is 1. The minimum atomic E-state index is -0.616. The highest BCUT2D eigenvalue weighted by Crippen LogP contribution is 2.43. The molecule has 102 valence electrons. The molecular formula is C14H17ClN2O2. The SMILES string of the molecule is CC.Cn1c(=O)c(=O)[nH]c2cc(Cl)c(C3CC3)cc21. The number of H-pyrrole nitrogens is 1. The van der Waals surface area contributed by atoms with E-state index < -0.39 is 11.1 Å². The Balaban J connectivity index is 0.000000637. The number of hydrogen-bond donors (Lipinski definition) is 1. The van der Waals surface area contributed by atoms with Gasteiger partial charge in [0.25, 0.3) is 0 Å². The molecule has 1 aromatic carbocycles. The summed E-state index contributed by atoms with van der Waals surface area (Å²) in [6.07, 6.45) is 2.28. The van der Waals surface area contributed by atoms with Crippen LogP contribution in [-0.4, -0.2) is 9.55 Å². The van der Waals surface area contributed by atoms with E-state index in [2.05, 4.69) is 4.98 Å². The summed E-state index contributed by atoms with van der Waals surface area (Å²) in [6.45, 7) is 4.00. The van der Waals surface area contributed by atoms with Gasteiger partial charge in [0.15, 0.2) is 0 Å². The van der Waals surface area contributed by atoms with Gasteiger partial charge >= 0.3 is 11.1 Å². The summed E-state index contributed by atoms with van der Waals surface area (Å²) >= 11 is 6.17. The summed E-state index contributed by atoms with van der Waals surface area (Å²) in [7, 11) is 1.60. The lowest BCUT2D eigenvalue weighted by Gasteiger charge is -2.08. The first kappa shape index (κ1) is 13.9. The van der Waals surface area contributed by atoms with Gasteiger partial charge in [-0.3, -0.25) is 9.59 Å². The highest BCUT2D eigenvalue weighted by atomic mass is 35.5. The maximum absolute atomic E-state index is 11.6. The van der Waals surface area contributed by atoms with Crippen molar-refractivity contribution in [1.29, 1.82) is 0 Å². The largest absolute Gasteiger partial charge is 0.316 e. The number of nitrogens with zero attached hydrogens (tertiary/aromatic N) is 1. The second-order valence-electron chi connectivity index (χ2n) is 4.48. The molecule has 1 fully saturated rings. The number of hydrogen-bond acceptors (Lipinski definition) is 2. The van der Waals surface area contributed by atoms with Crippen LogP contribution in [0, 0.1) is 0 Å². The van der Waals surface area contributed by atoms with E-state index in [0.29, 0.717) is 16.5 Å². The number of aromatic amines is 1. The summed E-state index contributed by atoms with van der Waals surface area (Å²) in [5, 5.41) is 0.661. The Labute approximate surface area is 116 Å². The molecule has 0 spiro atoms. The van der Waals surface area contributed by atoms with E-state index in [1.165, 1.54) is 4.57 Å². The number of nitrogens with one attached hydrogen (secondary N) is 1. The van der Waals surface area contributed by atoms with Gasteiger partial charge in [-0.2, -0.15) is 0 Å². The lowest BCUT2D eigenvalue weighted by molar-refractivity contribution is 0.872. The number of rotatable bonds is 1. The molecule has 0 saturated heterocycles. The van der Waals surface area contributed by atoms with Crippen molar-refractivity contribution >= 4 is 22.6 Å². The summed E-state index contributed by atoms with van der Waals surface area (Å²) in [4.78, 5) is 25.5. The van der Waals surface area contributed by atoms with E-state index in [0.717, 1.165) is 23.9 Å². The van der Waals surface area contributed by atoms with Crippen LogP contribution in [0.1, 0.15) is 38.2 Å². The Morgan fingerprint density at radius 3 is 2.47 bits per heavy atom. The molecule has 5 heteroatoms. The fourth-order valence-corrected chi connectivity index (χ4v) is 2.42. The summed E-state index contributed by atoms with van der Waals surface area (Å²) in [5.74, 6) is 0.508. The van der Waals surface area contributed by atoms with E-state index in [1.54, 1.807) is 13.1 Å². The first-order valence-electron chi connectivity index (χ1n) is 6.50. The molecule has 1 saturated carbocycles. The van der Waals surface area contributed by atoms with Crippen molar-refractivity contribution in [2.75, 3.05) is 0 Å². The Morgan fingerprint density at radius 1 is 1.26 bits per heavy atom. The smallest absolute Gasteiger partial charge is 0.316 e. The van der Waals surface area contributed by atoms with E-state index in [4.69, 9.17) is 11.6 Å².